The van der Waals surface area contributed by atoms with Gasteiger partial charge >= 0.3 is 5.97 Å². The van der Waals surface area contributed by atoms with Gasteiger partial charge in [0.05, 0.1) is 23.2 Å². The highest BCUT2D eigenvalue weighted by atomic mass is 16.4. The Labute approximate surface area is 111 Å². The quantitative estimate of drug-likeness (QED) is 0.862. The number of hydrogen-bond acceptors (Lipinski definition) is 3. The summed E-state index contributed by atoms with van der Waals surface area (Å²) in [6.45, 7) is 1.97. The summed E-state index contributed by atoms with van der Waals surface area (Å²) in [5.41, 5.74) is 1.51. The number of hydrogen-bond donors (Lipinski definition) is 2. The molecule has 0 saturated heterocycles. The Hall–Kier alpha value is -1.85. The molecule has 1 fully saturated rings. The van der Waals surface area contributed by atoms with Crippen molar-refractivity contribution in [2.75, 3.05) is 5.32 Å². The van der Waals surface area contributed by atoms with Gasteiger partial charge in [-0.1, -0.05) is 13.3 Å². The van der Waals surface area contributed by atoms with Crippen LogP contribution in [0.15, 0.2) is 6.20 Å². The fourth-order valence-corrected chi connectivity index (χ4v) is 2.69. The van der Waals surface area contributed by atoms with E-state index in [0.717, 1.165) is 18.5 Å². The predicted octanol–water partition coefficient (Wildman–Crippen LogP) is 1.42. The molecule has 1 amide bonds. The molecule has 1 aromatic heterocycles. The molecular formula is C13H19N3O3. The summed E-state index contributed by atoms with van der Waals surface area (Å²) in [7, 11) is 1.80. The monoisotopic (exact) mass is 265 g/mol. The highest BCUT2D eigenvalue weighted by Crippen LogP contribution is 2.33. The van der Waals surface area contributed by atoms with Gasteiger partial charge in [-0.2, -0.15) is 5.10 Å². The lowest BCUT2D eigenvalue weighted by molar-refractivity contribution is -0.145. The Morgan fingerprint density at radius 1 is 1.47 bits per heavy atom. The summed E-state index contributed by atoms with van der Waals surface area (Å²) >= 11 is 0. The zero-order chi connectivity index (χ0) is 14.0. The normalized spacial score (nSPS) is 22.4. The molecular weight excluding hydrogens is 246 g/mol. The SMILES string of the molecule is CCc1nn(C)cc1NC(=O)C1CCCC1C(=O)O. The smallest absolute Gasteiger partial charge is 0.307 e. The van der Waals surface area contributed by atoms with Gasteiger partial charge in [0, 0.05) is 13.2 Å². The molecule has 0 spiro atoms. The van der Waals surface area contributed by atoms with E-state index < -0.39 is 17.8 Å². The van der Waals surface area contributed by atoms with Crippen LogP contribution in [0.5, 0.6) is 0 Å². The van der Waals surface area contributed by atoms with Crippen LogP contribution in [0.4, 0.5) is 5.69 Å². The van der Waals surface area contributed by atoms with Crippen LogP contribution in [0.1, 0.15) is 31.9 Å². The minimum absolute atomic E-state index is 0.201. The van der Waals surface area contributed by atoms with Crippen LogP contribution < -0.4 is 5.32 Å². The van der Waals surface area contributed by atoms with Gasteiger partial charge in [-0.15, -0.1) is 0 Å². The molecule has 1 aliphatic carbocycles. The molecule has 0 radical (unpaired) electrons. The number of carboxylic acid groups (broad SMARTS) is 1. The van der Waals surface area contributed by atoms with E-state index in [1.807, 2.05) is 6.92 Å². The molecule has 104 valence electrons. The molecule has 6 heteroatoms. The van der Waals surface area contributed by atoms with E-state index in [9.17, 15) is 9.59 Å². The Morgan fingerprint density at radius 2 is 2.16 bits per heavy atom. The van der Waals surface area contributed by atoms with Crippen molar-refractivity contribution in [3.05, 3.63) is 11.9 Å². The third-order valence-corrected chi connectivity index (χ3v) is 3.67. The van der Waals surface area contributed by atoms with E-state index in [1.165, 1.54) is 0 Å². The summed E-state index contributed by atoms with van der Waals surface area (Å²) in [5.74, 6) is -2.06. The minimum Gasteiger partial charge on any atom is -0.481 e. The van der Waals surface area contributed by atoms with E-state index >= 15 is 0 Å². The van der Waals surface area contributed by atoms with E-state index in [1.54, 1.807) is 17.9 Å². The standard InChI is InChI=1S/C13H19N3O3/c1-3-10-11(7-16(2)15-10)14-12(17)8-5-4-6-9(8)13(18)19/h7-9H,3-6H2,1-2H3,(H,14,17)(H,18,19). The molecule has 6 nitrogen and oxygen atoms in total. The van der Waals surface area contributed by atoms with Crippen molar-refractivity contribution in [1.29, 1.82) is 0 Å². The first kappa shape index (κ1) is 13.6. The van der Waals surface area contributed by atoms with Crippen molar-refractivity contribution in [3.63, 3.8) is 0 Å². The Kier molecular flexibility index (Phi) is 3.87. The van der Waals surface area contributed by atoms with E-state index in [4.69, 9.17) is 5.11 Å². The first-order chi connectivity index (χ1) is 9.02. The van der Waals surface area contributed by atoms with Gasteiger partial charge in [0.2, 0.25) is 5.91 Å². The second-order valence-corrected chi connectivity index (χ2v) is 4.99. The molecule has 0 aromatic carbocycles. The molecule has 0 aliphatic heterocycles. The Morgan fingerprint density at radius 3 is 2.79 bits per heavy atom. The van der Waals surface area contributed by atoms with Crippen molar-refractivity contribution >= 4 is 17.6 Å². The van der Waals surface area contributed by atoms with Crippen LogP contribution >= 0.6 is 0 Å². The zero-order valence-corrected chi connectivity index (χ0v) is 11.2. The number of nitrogens with zero attached hydrogens (tertiary/aromatic N) is 2. The van der Waals surface area contributed by atoms with Crippen LogP contribution in [0.2, 0.25) is 0 Å². The first-order valence-electron chi connectivity index (χ1n) is 6.59. The number of aryl methyl sites for hydroxylation is 2. The predicted molar refractivity (Wildman–Crippen MR) is 69.7 cm³/mol. The zero-order valence-electron chi connectivity index (χ0n) is 11.2. The highest BCUT2D eigenvalue weighted by molar-refractivity contribution is 5.95. The van der Waals surface area contributed by atoms with Crippen LogP contribution in [0.3, 0.4) is 0 Å². The molecule has 1 aromatic rings. The van der Waals surface area contributed by atoms with Crippen molar-refractivity contribution in [3.8, 4) is 0 Å². The van der Waals surface area contributed by atoms with Crippen LogP contribution in [0, 0.1) is 11.8 Å². The summed E-state index contributed by atoms with van der Waals surface area (Å²) < 4.78 is 1.65. The molecule has 0 bridgehead atoms. The lowest BCUT2D eigenvalue weighted by Gasteiger charge is -2.15. The molecule has 1 aliphatic rings. The maximum Gasteiger partial charge on any atom is 0.307 e. The molecule has 19 heavy (non-hydrogen) atoms. The van der Waals surface area contributed by atoms with E-state index in [2.05, 4.69) is 10.4 Å². The third kappa shape index (κ3) is 2.77. The maximum absolute atomic E-state index is 12.2. The van der Waals surface area contributed by atoms with Gasteiger partial charge in [0.1, 0.15) is 0 Å². The number of anilines is 1. The summed E-state index contributed by atoms with van der Waals surface area (Å²) in [4.78, 5) is 23.3. The number of carbonyl (C=O) groups excluding carboxylic acids is 1. The van der Waals surface area contributed by atoms with Gasteiger partial charge in [-0.05, 0) is 19.3 Å². The molecule has 2 atom stereocenters. The van der Waals surface area contributed by atoms with E-state index in [-0.39, 0.29) is 5.91 Å². The lowest BCUT2D eigenvalue weighted by atomic mass is 9.95. The number of aliphatic carboxylic acids is 1. The molecule has 2 rings (SSSR count). The van der Waals surface area contributed by atoms with Gasteiger partial charge in [0.15, 0.2) is 0 Å². The van der Waals surface area contributed by atoms with Gasteiger partial charge < -0.3 is 10.4 Å². The average Bonchev–Trinajstić information content (AvgIpc) is 2.95. The number of carbonyl (C=O) groups is 2. The largest absolute Gasteiger partial charge is 0.481 e. The number of nitrogens with one attached hydrogen (secondary N) is 1. The van der Waals surface area contributed by atoms with Gasteiger partial charge in [-0.25, -0.2) is 0 Å². The van der Waals surface area contributed by atoms with Crippen molar-refractivity contribution < 1.29 is 14.7 Å². The topological polar surface area (TPSA) is 84.2 Å². The third-order valence-electron chi connectivity index (χ3n) is 3.67. The first-order valence-corrected chi connectivity index (χ1v) is 6.59. The number of rotatable bonds is 4. The fourth-order valence-electron chi connectivity index (χ4n) is 2.69. The Bertz CT molecular complexity index is 495. The molecule has 1 saturated carbocycles. The lowest BCUT2D eigenvalue weighted by Crippen LogP contribution is -2.30. The van der Waals surface area contributed by atoms with E-state index in [0.29, 0.717) is 18.5 Å². The minimum atomic E-state index is -0.875. The van der Waals surface area contributed by atoms with Crippen LogP contribution in [-0.2, 0) is 23.1 Å². The average molecular weight is 265 g/mol. The second kappa shape index (κ2) is 5.42. The summed E-state index contributed by atoms with van der Waals surface area (Å²) in [5, 5.41) is 16.2. The fraction of sp³-hybridized carbons (Fsp3) is 0.615. The second-order valence-electron chi connectivity index (χ2n) is 4.99. The molecule has 2 N–H and O–H groups in total. The van der Waals surface area contributed by atoms with Crippen molar-refractivity contribution in [1.82, 2.24) is 9.78 Å². The Balaban J connectivity index is 2.10. The van der Waals surface area contributed by atoms with Crippen molar-refractivity contribution in [2.45, 2.75) is 32.6 Å². The van der Waals surface area contributed by atoms with Gasteiger partial charge in [0.25, 0.3) is 0 Å². The maximum atomic E-state index is 12.2. The molecule has 1 heterocycles. The highest BCUT2D eigenvalue weighted by Gasteiger charge is 2.37. The number of aromatic nitrogens is 2. The number of amides is 1. The number of carboxylic acids is 1. The van der Waals surface area contributed by atoms with Crippen molar-refractivity contribution in [2.24, 2.45) is 18.9 Å². The summed E-state index contributed by atoms with van der Waals surface area (Å²) in [6.07, 6.45) is 4.50. The van der Waals surface area contributed by atoms with Crippen LogP contribution in [-0.4, -0.2) is 26.8 Å². The van der Waals surface area contributed by atoms with Crippen LogP contribution in [0.25, 0.3) is 0 Å². The van der Waals surface area contributed by atoms with Gasteiger partial charge in [-0.3, -0.25) is 14.3 Å². The molecule has 2 unspecified atom stereocenters. The summed E-state index contributed by atoms with van der Waals surface area (Å²) in [6, 6.07) is 0.